The van der Waals surface area contributed by atoms with Crippen molar-refractivity contribution < 1.29 is 19.1 Å². The van der Waals surface area contributed by atoms with Crippen molar-refractivity contribution >= 4 is 12.2 Å². The summed E-state index contributed by atoms with van der Waals surface area (Å²) in [6.45, 7) is 7.93. The van der Waals surface area contributed by atoms with Gasteiger partial charge < -0.3 is 9.47 Å². The van der Waals surface area contributed by atoms with Crippen molar-refractivity contribution in [3.8, 4) is 0 Å². The predicted molar refractivity (Wildman–Crippen MR) is 110 cm³/mol. The van der Waals surface area contributed by atoms with Crippen molar-refractivity contribution in [3.63, 3.8) is 0 Å². The summed E-state index contributed by atoms with van der Waals surface area (Å²) in [6.07, 6.45) is 5.78. The number of imide groups is 1. The van der Waals surface area contributed by atoms with E-state index in [2.05, 4.69) is 0 Å². The number of nitrogens with zero attached hydrogens (tertiary/aromatic N) is 1. The topological polar surface area (TPSA) is 55.8 Å². The molecule has 0 heterocycles. The average Bonchev–Trinajstić information content (AvgIpc) is 2.69. The molecule has 156 valence electrons. The van der Waals surface area contributed by atoms with Gasteiger partial charge >= 0.3 is 12.2 Å². The van der Waals surface area contributed by atoms with Crippen LogP contribution >= 0.6 is 0 Å². The number of ether oxygens (including phenoxy) is 2. The van der Waals surface area contributed by atoms with Crippen LogP contribution in [0.5, 0.6) is 0 Å². The van der Waals surface area contributed by atoms with Gasteiger partial charge in [0.25, 0.3) is 0 Å². The van der Waals surface area contributed by atoms with Gasteiger partial charge in [0.2, 0.25) is 0 Å². The number of amides is 2. The molecule has 0 radical (unpaired) electrons. The molecule has 0 unspecified atom stereocenters. The van der Waals surface area contributed by atoms with E-state index in [0.29, 0.717) is 12.8 Å². The third-order valence-corrected chi connectivity index (χ3v) is 5.84. The monoisotopic (exact) mass is 389 g/mol. The molecular weight excluding hydrogens is 354 g/mol. The summed E-state index contributed by atoms with van der Waals surface area (Å²) in [5.41, 5.74) is -0.0259. The first-order chi connectivity index (χ1) is 13.3. The average molecular weight is 390 g/mol. The Bertz CT molecular complexity index is 635. The van der Waals surface area contributed by atoms with Crippen LogP contribution in [0.1, 0.15) is 78.2 Å². The molecule has 1 aromatic rings. The van der Waals surface area contributed by atoms with E-state index in [0.717, 1.165) is 42.6 Å². The predicted octanol–water partition coefficient (Wildman–Crippen LogP) is 6.11. The summed E-state index contributed by atoms with van der Waals surface area (Å²) in [5.74, 6) is 0. The smallest absolute Gasteiger partial charge is 0.419 e. The van der Waals surface area contributed by atoms with Crippen LogP contribution in [0.2, 0.25) is 0 Å². The molecule has 0 aliphatic heterocycles. The molecule has 2 amide bonds. The fourth-order valence-corrected chi connectivity index (χ4v) is 3.47. The maximum atomic E-state index is 13.0. The normalized spacial score (nSPS) is 16.3. The quantitative estimate of drug-likeness (QED) is 0.565. The van der Waals surface area contributed by atoms with E-state index in [1.54, 1.807) is 0 Å². The van der Waals surface area contributed by atoms with E-state index < -0.39 is 23.4 Å². The minimum absolute atomic E-state index is 0.237. The summed E-state index contributed by atoms with van der Waals surface area (Å²) in [4.78, 5) is 27.0. The molecule has 1 aliphatic carbocycles. The van der Waals surface area contributed by atoms with Gasteiger partial charge in [-0.25, -0.2) is 14.5 Å². The maximum absolute atomic E-state index is 13.0. The van der Waals surface area contributed by atoms with E-state index >= 15 is 0 Å². The summed E-state index contributed by atoms with van der Waals surface area (Å²) in [5, 5.41) is 0. The highest BCUT2D eigenvalue weighted by molar-refractivity contribution is 5.88. The summed E-state index contributed by atoms with van der Waals surface area (Å²) in [7, 11) is 0. The van der Waals surface area contributed by atoms with Crippen molar-refractivity contribution in [3.05, 3.63) is 35.9 Å². The Morgan fingerprint density at radius 1 is 1.04 bits per heavy atom. The van der Waals surface area contributed by atoms with Gasteiger partial charge in [-0.3, -0.25) is 0 Å². The van der Waals surface area contributed by atoms with Crippen LogP contribution < -0.4 is 0 Å². The molecule has 0 saturated heterocycles. The Labute approximate surface area is 169 Å². The van der Waals surface area contributed by atoms with Gasteiger partial charge in [0.1, 0.15) is 11.2 Å². The first kappa shape index (κ1) is 22.3. The molecule has 0 N–H and O–H groups in total. The Balaban J connectivity index is 2.13. The van der Waals surface area contributed by atoms with E-state index in [4.69, 9.17) is 9.47 Å². The molecule has 0 spiro atoms. The second-order valence-electron chi connectivity index (χ2n) is 8.33. The van der Waals surface area contributed by atoms with Gasteiger partial charge in [-0.15, -0.1) is 0 Å². The molecule has 28 heavy (non-hydrogen) atoms. The highest BCUT2D eigenvalue weighted by Crippen LogP contribution is 2.35. The lowest BCUT2D eigenvalue weighted by Crippen LogP contribution is -2.47. The molecule has 1 fully saturated rings. The van der Waals surface area contributed by atoms with Crippen LogP contribution in [0, 0.1) is 0 Å². The van der Waals surface area contributed by atoms with Crippen molar-refractivity contribution in [2.75, 3.05) is 6.54 Å². The summed E-state index contributed by atoms with van der Waals surface area (Å²) in [6, 6.07) is 9.82. The summed E-state index contributed by atoms with van der Waals surface area (Å²) >= 11 is 0. The standard InChI is InChI=1S/C23H35NO4/c1-5-22(3,4)27-20(25)24(18-15-19-13-9-7-10-14-19)21(26)28-23(6-2)16-11-8-12-17-23/h7,9-10,13-14H,5-6,8,11-12,15-18H2,1-4H3. The number of rotatable bonds is 7. The van der Waals surface area contributed by atoms with E-state index in [1.165, 1.54) is 6.42 Å². The summed E-state index contributed by atoms with van der Waals surface area (Å²) < 4.78 is 11.5. The van der Waals surface area contributed by atoms with Crippen LogP contribution in [-0.4, -0.2) is 34.8 Å². The Morgan fingerprint density at radius 3 is 2.25 bits per heavy atom. The lowest BCUT2D eigenvalue weighted by Gasteiger charge is -2.37. The van der Waals surface area contributed by atoms with E-state index in [-0.39, 0.29) is 6.54 Å². The first-order valence-electron chi connectivity index (χ1n) is 10.6. The SMILES string of the molecule is CCC(C)(C)OC(=O)N(CCc1ccccc1)C(=O)OC1(CC)CCCCC1. The molecule has 0 atom stereocenters. The van der Waals surface area contributed by atoms with Gasteiger partial charge in [0.15, 0.2) is 0 Å². The van der Waals surface area contributed by atoms with Crippen LogP contribution in [0.3, 0.4) is 0 Å². The molecule has 5 heteroatoms. The third kappa shape index (κ3) is 6.25. The van der Waals surface area contributed by atoms with Crippen LogP contribution in [0.4, 0.5) is 9.59 Å². The largest absolute Gasteiger partial charge is 0.443 e. The molecule has 5 nitrogen and oxygen atoms in total. The Morgan fingerprint density at radius 2 is 1.68 bits per heavy atom. The van der Waals surface area contributed by atoms with E-state index in [9.17, 15) is 9.59 Å². The van der Waals surface area contributed by atoms with Crippen LogP contribution in [0.25, 0.3) is 0 Å². The molecule has 2 rings (SSSR count). The molecular formula is C23H35NO4. The highest BCUT2D eigenvalue weighted by atomic mass is 16.6. The lowest BCUT2D eigenvalue weighted by atomic mass is 9.83. The molecule has 1 aliphatic rings. The number of benzene rings is 1. The van der Waals surface area contributed by atoms with Crippen LogP contribution in [-0.2, 0) is 15.9 Å². The van der Waals surface area contributed by atoms with Gasteiger partial charge in [-0.1, -0.05) is 50.6 Å². The Hall–Kier alpha value is -2.04. The van der Waals surface area contributed by atoms with Crippen molar-refractivity contribution in [2.24, 2.45) is 0 Å². The molecule has 0 aromatic heterocycles. The second-order valence-corrected chi connectivity index (χ2v) is 8.33. The zero-order chi connectivity index (χ0) is 20.6. The zero-order valence-corrected chi connectivity index (χ0v) is 17.8. The van der Waals surface area contributed by atoms with Crippen molar-refractivity contribution in [2.45, 2.75) is 90.3 Å². The van der Waals surface area contributed by atoms with Crippen molar-refractivity contribution in [1.29, 1.82) is 0 Å². The van der Waals surface area contributed by atoms with Gasteiger partial charge in [-0.05, 0) is 64.4 Å². The molecule has 1 saturated carbocycles. The molecule has 1 aromatic carbocycles. The van der Waals surface area contributed by atoms with Gasteiger partial charge in [-0.2, -0.15) is 0 Å². The van der Waals surface area contributed by atoms with Gasteiger partial charge in [0.05, 0.1) is 0 Å². The lowest BCUT2D eigenvalue weighted by molar-refractivity contribution is -0.0417. The number of carbonyl (C=O) groups excluding carboxylic acids is 2. The maximum Gasteiger partial charge on any atom is 0.419 e. The fraction of sp³-hybridized carbons (Fsp3) is 0.652. The minimum Gasteiger partial charge on any atom is -0.443 e. The fourth-order valence-electron chi connectivity index (χ4n) is 3.47. The number of hydrogen-bond acceptors (Lipinski definition) is 4. The number of hydrogen-bond donors (Lipinski definition) is 0. The number of carbonyl (C=O) groups is 2. The van der Waals surface area contributed by atoms with Gasteiger partial charge in [0, 0.05) is 6.54 Å². The molecule has 0 bridgehead atoms. The Kier molecular flexibility index (Phi) is 7.90. The highest BCUT2D eigenvalue weighted by Gasteiger charge is 2.38. The zero-order valence-electron chi connectivity index (χ0n) is 17.8. The van der Waals surface area contributed by atoms with Crippen molar-refractivity contribution in [1.82, 2.24) is 4.90 Å². The van der Waals surface area contributed by atoms with E-state index in [1.807, 2.05) is 58.0 Å². The van der Waals surface area contributed by atoms with Crippen LogP contribution in [0.15, 0.2) is 30.3 Å². The second kappa shape index (κ2) is 9.94. The minimum atomic E-state index is -0.630. The third-order valence-electron chi connectivity index (χ3n) is 5.84. The first-order valence-corrected chi connectivity index (χ1v) is 10.6.